The Hall–Kier alpha value is -1.79. The van der Waals surface area contributed by atoms with Gasteiger partial charge in [0.05, 0.1) is 32.0 Å². The molecule has 0 aromatic carbocycles. The summed E-state index contributed by atoms with van der Waals surface area (Å²) in [4.78, 5) is 13.3. The average Bonchev–Trinajstić information content (AvgIpc) is 3.42. The van der Waals surface area contributed by atoms with Gasteiger partial charge in [-0.1, -0.05) is 237 Å². The van der Waals surface area contributed by atoms with E-state index in [1.54, 1.807) is 0 Å². The third-order valence-electron chi connectivity index (χ3n) is 15.4. The summed E-state index contributed by atoms with van der Waals surface area (Å²) in [6.07, 6.45) is 41.3. The highest BCUT2D eigenvalue weighted by Crippen LogP contribution is 2.30. The number of amides is 1. The molecule has 446 valence electrons. The van der Waals surface area contributed by atoms with Crippen LogP contribution in [0.5, 0.6) is 0 Å². The van der Waals surface area contributed by atoms with E-state index in [0.29, 0.717) is 19.3 Å². The van der Waals surface area contributed by atoms with Crippen LogP contribution in [-0.4, -0.2) is 140 Å². The fourth-order valence-corrected chi connectivity index (χ4v) is 10.3. The molecule has 1 amide bonds. The smallest absolute Gasteiger partial charge is 0.220 e. The molecule has 2 fully saturated rings. The van der Waals surface area contributed by atoms with Crippen molar-refractivity contribution in [3.05, 3.63) is 36.5 Å². The third-order valence-corrected chi connectivity index (χ3v) is 15.4. The van der Waals surface area contributed by atoms with E-state index >= 15 is 0 Å². The second-order valence-corrected chi connectivity index (χ2v) is 22.2. The van der Waals surface area contributed by atoms with E-state index in [2.05, 4.69) is 55.6 Å². The summed E-state index contributed by atoms with van der Waals surface area (Å²) < 4.78 is 22.9. The van der Waals surface area contributed by atoms with Crippen LogP contribution in [0, 0.1) is 0 Å². The number of hydrogen-bond acceptors (Lipinski definition) is 13. The van der Waals surface area contributed by atoms with Gasteiger partial charge < -0.3 is 65.1 Å². The van der Waals surface area contributed by atoms with Gasteiger partial charge in [0.2, 0.25) is 5.91 Å². The largest absolute Gasteiger partial charge is 0.394 e. The molecule has 2 heterocycles. The SMILES string of the molecule is CCCCCCC/C=C\C/C=C\C/C=C\CCCCCCCCC(=O)NC(COC1OC(CO)C(OC2OC(CO)C(O)C(O)C2O)C(O)C1O)C(O)CCCCCCCCCCCCCCCCCCCCCCC. The third kappa shape index (κ3) is 33.1. The summed E-state index contributed by atoms with van der Waals surface area (Å²) in [5, 5.41) is 87.4. The Morgan fingerprint density at radius 3 is 1.33 bits per heavy atom. The number of hydrogen-bond donors (Lipinski definition) is 9. The van der Waals surface area contributed by atoms with E-state index in [1.165, 1.54) is 148 Å². The maximum atomic E-state index is 13.3. The molecule has 14 heteroatoms. The van der Waals surface area contributed by atoms with Crippen molar-refractivity contribution < 1.29 is 64.6 Å². The van der Waals surface area contributed by atoms with Crippen molar-refractivity contribution in [3.8, 4) is 0 Å². The molecular formula is C62H115NO13. The summed E-state index contributed by atoms with van der Waals surface area (Å²) in [6.45, 7) is 2.86. The molecule has 0 aliphatic carbocycles. The van der Waals surface area contributed by atoms with Crippen molar-refractivity contribution in [2.75, 3.05) is 19.8 Å². The molecule has 2 rings (SSSR count). The van der Waals surface area contributed by atoms with Crippen molar-refractivity contribution in [1.82, 2.24) is 5.32 Å². The van der Waals surface area contributed by atoms with Crippen LogP contribution in [0.3, 0.4) is 0 Å². The summed E-state index contributed by atoms with van der Waals surface area (Å²) in [7, 11) is 0. The standard InChI is InChI=1S/C62H115NO13/c1-3-5-7-9-11-13-15-17-19-21-23-25-27-29-31-33-35-37-39-41-43-45-51(66)50(49-73-61-59(72)57(70)60(53(48-65)75-61)76-62-58(71)56(69)55(68)52(47-64)74-62)63-54(67)46-44-42-40-38-36-34-32-30-28-26-24-22-20-18-16-14-12-10-8-6-4-2/h16,18,22,24,28,30,50-53,55-62,64-66,68-72H,3-15,17,19-21,23,25-27,29,31-49H2,1-2H3,(H,63,67)/b18-16-,24-22-,30-28-. The molecule has 9 N–H and O–H groups in total. The Balaban J connectivity index is 1.75. The highest BCUT2D eigenvalue weighted by Gasteiger charge is 2.51. The number of nitrogens with one attached hydrogen (secondary N) is 1. The van der Waals surface area contributed by atoms with E-state index in [0.717, 1.165) is 77.0 Å². The first-order valence-electron chi connectivity index (χ1n) is 31.2. The number of allylic oxidation sites excluding steroid dienone is 6. The van der Waals surface area contributed by atoms with E-state index < -0.39 is 86.8 Å². The Kier molecular flexibility index (Phi) is 44.4. The van der Waals surface area contributed by atoms with Gasteiger partial charge in [-0.15, -0.1) is 0 Å². The number of carbonyl (C=O) groups is 1. The van der Waals surface area contributed by atoms with Gasteiger partial charge in [0.25, 0.3) is 0 Å². The molecule has 0 aromatic heterocycles. The zero-order chi connectivity index (χ0) is 55.3. The molecule has 12 unspecified atom stereocenters. The summed E-state index contributed by atoms with van der Waals surface area (Å²) in [5.41, 5.74) is 0. The monoisotopic (exact) mass is 1080 g/mol. The van der Waals surface area contributed by atoms with Gasteiger partial charge in [0.15, 0.2) is 12.6 Å². The Morgan fingerprint density at radius 2 is 0.868 bits per heavy atom. The van der Waals surface area contributed by atoms with Gasteiger partial charge in [0.1, 0.15) is 48.8 Å². The van der Waals surface area contributed by atoms with Crippen LogP contribution in [-0.2, 0) is 23.7 Å². The van der Waals surface area contributed by atoms with E-state index in [4.69, 9.17) is 18.9 Å². The zero-order valence-electron chi connectivity index (χ0n) is 48.0. The highest BCUT2D eigenvalue weighted by atomic mass is 16.7. The van der Waals surface area contributed by atoms with Gasteiger partial charge in [-0.3, -0.25) is 4.79 Å². The van der Waals surface area contributed by atoms with Gasteiger partial charge in [0, 0.05) is 6.42 Å². The average molecular weight is 1080 g/mol. The minimum atomic E-state index is -1.78. The number of ether oxygens (including phenoxy) is 4. The molecule has 0 aromatic rings. The Labute approximate surface area is 461 Å². The van der Waals surface area contributed by atoms with Crippen LogP contribution < -0.4 is 5.32 Å². The molecule has 0 radical (unpaired) electrons. The first-order chi connectivity index (χ1) is 37.1. The molecule has 12 atom stereocenters. The molecule has 14 nitrogen and oxygen atoms in total. The number of rotatable bonds is 50. The number of unbranched alkanes of at least 4 members (excludes halogenated alkanes) is 31. The van der Waals surface area contributed by atoms with Gasteiger partial charge in [-0.2, -0.15) is 0 Å². The summed E-state index contributed by atoms with van der Waals surface area (Å²) >= 11 is 0. The second-order valence-electron chi connectivity index (χ2n) is 22.2. The summed E-state index contributed by atoms with van der Waals surface area (Å²) in [6, 6.07) is -0.837. The zero-order valence-corrected chi connectivity index (χ0v) is 48.0. The second kappa shape index (κ2) is 48.0. The number of aliphatic hydroxyl groups excluding tert-OH is 8. The van der Waals surface area contributed by atoms with E-state index in [1.807, 2.05) is 0 Å². The van der Waals surface area contributed by atoms with E-state index in [-0.39, 0.29) is 12.5 Å². The van der Waals surface area contributed by atoms with E-state index in [9.17, 15) is 45.6 Å². The molecule has 76 heavy (non-hydrogen) atoms. The van der Waals surface area contributed by atoms with Gasteiger partial charge in [-0.05, 0) is 51.4 Å². The fraction of sp³-hybridized carbons (Fsp3) is 0.887. The molecular weight excluding hydrogens is 967 g/mol. The first kappa shape index (κ1) is 70.3. The molecule has 0 bridgehead atoms. The van der Waals surface area contributed by atoms with Crippen molar-refractivity contribution >= 4 is 5.91 Å². The van der Waals surface area contributed by atoms with Crippen molar-refractivity contribution in [3.63, 3.8) is 0 Å². The topological polar surface area (TPSA) is 228 Å². The maximum absolute atomic E-state index is 13.3. The molecule has 2 aliphatic heterocycles. The maximum Gasteiger partial charge on any atom is 0.220 e. The lowest BCUT2D eigenvalue weighted by Gasteiger charge is -2.46. The van der Waals surface area contributed by atoms with Crippen LogP contribution in [0.2, 0.25) is 0 Å². The van der Waals surface area contributed by atoms with Crippen LogP contribution in [0.25, 0.3) is 0 Å². The Bertz CT molecular complexity index is 1410. The number of aliphatic hydroxyl groups is 8. The van der Waals surface area contributed by atoms with Crippen LogP contribution >= 0.6 is 0 Å². The lowest BCUT2D eigenvalue weighted by Crippen LogP contribution is -2.65. The first-order valence-corrected chi connectivity index (χ1v) is 31.2. The lowest BCUT2D eigenvalue weighted by atomic mass is 9.97. The van der Waals surface area contributed by atoms with Crippen molar-refractivity contribution in [2.45, 2.75) is 331 Å². The fourth-order valence-electron chi connectivity index (χ4n) is 10.3. The Morgan fingerprint density at radius 1 is 0.474 bits per heavy atom. The van der Waals surface area contributed by atoms with Crippen molar-refractivity contribution in [2.24, 2.45) is 0 Å². The minimum Gasteiger partial charge on any atom is -0.394 e. The predicted octanol–water partition coefficient (Wildman–Crippen LogP) is 11.0. The predicted molar refractivity (Wildman–Crippen MR) is 305 cm³/mol. The quantitative estimate of drug-likeness (QED) is 0.0204. The lowest BCUT2D eigenvalue weighted by molar-refractivity contribution is -0.359. The minimum absolute atomic E-state index is 0.217. The summed E-state index contributed by atoms with van der Waals surface area (Å²) in [5.74, 6) is -0.217. The van der Waals surface area contributed by atoms with Gasteiger partial charge in [-0.25, -0.2) is 0 Å². The molecule has 2 saturated heterocycles. The highest BCUT2D eigenvalue weighted by molar-refractivity contribution is 5.76. The molecule has 0 saturated carbocycles. The van der Waals surface area contributed by atoms with Crippen LogP contribution in [0.4, 0.5) is 0 Å². The molecule has 0 spiro atoms. The molecule has 2 aliphatic rings. The van der Waals surface area contributed by atoms with Gasteiger partial charge >= 0.3 is 0 Å². The normalized spacial score (nSPS) is 25.1. The van der Waals surface area contributed by atoms with Crippen molar-refractivity contribution in [1.29, 1.82) is 0 Å². The van der Waals surface area contributed by atoms with Crippen LogP contribution in [0.1, 0.15) is 258 Å². The van der Waals surface area contributed by atoms with Crippen LogP contribution in [0.15, 0.2) is 36.5 Å². The number of carbonyl (C=O) groups excluding carboxylic acids is 1.